The summed E-state index contributed by atoms with van der Waals surface area (Å²) in [6.45, 7) is 0. The summed E-state index contributed by atoms with van der Waals surface area (Å²) in [7, 11) is 0. The maximum absolute atomic E-state index is 4.77. The van der Waals surface area contributed by atoms with Crippen molar-refractivity contribution in [3.05, 3.63) is 72.3 Å². The lowest BCUT2D eigenvalue weighted by Crippen LogP contribution is -2.33. The molecule has 1 aromatic heterocycles. The van der Waals surface area contributed by atoms with Gasteiger partial charge in [-0.3, -0.25) is 4.99 Å². The lowest BCUT2D eigenvalue weighted by Gasteiger charge is -2.14. The van der Waals surface area contributed by atoms with Crippen molar-refractivity contribution in [2.24, 2.45) is 22.7 Å². The van der Waals surface area contributed by atoms with E-state index in [1.165, 1.54) is 71.5 Å². The molecule has 6 atom stereocenters. The average molecular weight is 447 g/mol. The number of aromatic nitrogens is 2. The van der Waals surface area contributed by atoms with Crippen LogP contribution in [0.1, 0.15) is 55.8 Å². The Morgan fingerprint density at radius 2 is 1.41 bits per heavy atom. The molecule has 1 saturated heterocycles. The first-order chi connectivity index (χ1) is 16.8. The van der Waals surface area contributed by atoms with Gasteiger partial charge in [0.05, 0.1) is 11.9 Å². The second-order valence-electron chi connectivity index (χ2n) is 11.3. The summed E-state index contributed by atoms with van der Waals surface area (Å²) in [6, 6.07) is 19.1. The number of hydrogen-bond acceptors (Lipinski definition) is 3. The van der Waals surface area contributed by atoms with Crippen LogP contribution >= 0.6 is 0 Å². The lowest BCUT2D eigenvalue weighted by molar-refractivity contribution is 0.596. The Kier molecular flexibility index (Phi) is 4.13. The average Bonchev–Trinajstić information content (AvgIpc) is 3.46. The third-order valence-electron chi connectivity index (χ3n) is 9.05. The quantitative estimate of drug-likeness (QED) is 0.491. The van der Waals surface area contributed by atoms with Crippen molar-refractivity contribution in [1.82, 2.24) is 15.3 Å². The van der Waals surface area contributed by atoms with E-state index in [2.05, 4.69) is 65.0 Å². The molecule has 170 valence electrons. The fourth-order valence-electron chi connectivity index (χ4n) is 6.76. The van der Waals surface area contributed by atoms with Crippen LogP contribution < -0.4 is 5.32 Å². The zero-order valence-electron chi connectivity index (χ0n) is 19.4. The minimum absolute atomic E-state index is 0.505. The predicted molar refractivity (Wildman–Crippen MR) is 136 cm³/mol. The van der Waals surface area contributed by atoms with E-state index in [9.17, 15) is 0 Å². The van der Waals surface area contributed by atoms with Crippen LogP contribution in [0.4, 0.5) is 0 Å². The van der Waals surface area contributed by atoms with E-state index < -0.39 is 0 Å². The van der Waals surface area contributed by atoms with E-state index >= 15 is 0 Å². The van der Waals surface area contributed by atoms with Crippen LogP contribution in [0.15, 0.2) is 65.9 Å². The molecule has 2 aliphatic heterocycles. The van der Waals surface area contributed by atoms with Crippen LogP contribution in [0.3, 0.4) is 0 Å². The molecule has 0 radical (unpaired) electrons. The van der Waals surface area contributed by atoms with E-state index in [0.29, 0.717) is 12.0 Å². The number of fused-ring (bicyclic) bond motifs is 2. The highest BCUT2D eigenvalue weighted by Crippen LogP contribution is 2.57. The number of imidazole rings is 1. The fourth-order valence-corrected chi connectivity index (χ4v) is 6.76. The third kappa shape index (κ3) is 3.31. The van der Waals surface area contributed by atoms with Gasteiger partial charge in [0, 0.05) is 36.3 Å². The minimum atomic E-state index is 0.505. The fraction of sp³-hybridized carbons (Fsp3) is 0.400. The van der Waals surface area contributed by atoms with Crippen molar-refractivity contribution in [3.8, 4) is 22.4 Å². The smallest absolute Gasteiger partial charge is 0.109 e. The molecule has 3 aliphatic carbocycles. The largest absolute Gasteiger partial charge is 0.342 e. The van der Waals surface area contributed by atoms with E-state index in [0.717, 1.165) is 35.9 Å². The highest BCUT2D eigenvalue weighted by Gasteiger charge is 2.47. The van der Waals surface area contributed by atoms with Gasteiger partial charge in [-0.15, -0.1) is 0 Å². The SMILES string of the molecule is C1=C(c2ccc(-c3ccc(-c4cnc(C5C[C@@H]6C[C@@H]6C5)[nH]4)cc3)cc2)CC([C@@H]2C[C@H]3C[C@H]3N2)=N1. The van der Waals surface area contributed by atoms with Crippen LogP contribution in [0, 0.1) is 17.8 Å². The molecule has 2 N–H and O–H groups in total. The standard InChI is InChI=1S/C30H30N4/c1-3-19(25-14-27(31-15-25)28-13-23-12-26(23)33-28)4-2-17(1)18-5-7-20(8-6-18)29-16-32-30(34-29)24-10-21-9-22(21)11-24/h1-8,15-16,21-24,26,28,33H,9-14H2,(H,32,34)/t21-,22+,23-,24?,26-,28+/m1/s1. The Morgan fingerprint density at radius 1 is 0.706 bits per heavy atom. The number of hydrogen-bond donors (Lipinski definition) is 2. The van der Waals surface area contributed by atoms with Gasteiger partial charge < -0.3 is 10.3 Å². The Hall–Kier alpha value is -2.98. The highest BCUT2D eigenvalue weighted by atomic mass is 15.1. The van der Waals surface area contributed by atoms with Gasteiger partial charge in [-0.05, 0) is 77.7 Å². The number of nitrogens with one attached hydrogen (secondary N) is 2. The van der Waals surface area contributed by atoms with Crippen LogP contribution in [-0.4, -0.2) is 27.8 Å². The molecule has 4 nitrogen and oxygen atoms in total. The van der Waals surface area contributed by atoms with E-state index in [1.807, 2.05) is 6.20 Å². The van der Waals surface area contributed by atoms with Crippen molar-refractivity contribution >= 4 is 11.3 Å². The maximum atomic E-state index is 4.77. The number of nitrogens with zero attached hydrogens (tertiary/aromatic N) is 2. The predicted octanol–water partition coefficient (Wildman–Crippen LogP) is 6.19. The molecular weight excluding hydrogens is 416 g/mol. The summed E-state index contributed by atoms with van der Waals surface area (Å²) < 4.78 is 0. The molecule has 0 spiro atoms. The molecule has 5 aliphatic rings. The number of H-pyrrole nitrogens is 1. The number of piperidine rings is 1. The number of aromatic amines is 1. The van der Waals surface area contributed by atoms with Crippen molar-refractivity contribution in [3.63, 3.8) is 0 Å². The molecule has 3 aromatic rings. The molecule has 4 fully saturated rings. The zero-order valence-corrected chi connectivity index (χ0v) is 19.4. The molecular formula is C30H30N4. The molecule has 1 unspecified atom stereocenters. The van der Waals surface area contributed by atoms with Gasteiger partial charge in [0.15, 0.2) is 0 Å². The molecule has 3 saturated carbocycles. The molecule has 3 heterocycles. The van der Waals surface area contributed by atoms with E-state index in [4.69, 9.17) is 9.98 Å². The van der Waals surface area contributed by atoms with Gasteiger partial charge in [-0.1, -0.05) is 48.5 Å². The monoisotopic (exact) mass is 446 g/mol. The third-order valence-corrected chi connectivity index (χ3v) is 9.05. The van der Waals surface area contributed by atoms with E-state index in [1.54, 1.807) is 0 Å². The zero-order chi connectivity index (χ0) is 22.2. The topological polar surface area (TPSA) is 53.1 Å². The second kappa shape index (κ2) is 7.26. The van der Waals surface area contributed by atoms with Gasteiger partial charge in [-0.25, -0.2) is 4.98 Å². The number of rotatable bonds is 5. The highest BCUT2D eigenvalue weighted by molar-refractivity contribution is 6.01. The Bertz CT molecular complexity index is 1290. The minimum Gasteiger partial charge on any atom is -0.342 e. The van der Waals surface area contributed by atoms with Gasteiger partial charge in [-0.2, -0.15) is 0 Å². The van der Waals surface area contributed by atoms with Gasteiger partial charge in [0.1, 0.15) is 5.82 Å². The van der Waals surface area contributed by atoms with Crippen molar-refractivity contribution in [1.29, 1.82) is 0 Å². The lowest BCUT2D eigenvalue weighted by atomic mass is 9.96. The molecule has 34 heavy (non-hydrogen) atoms. The summed E-state index contributed by atoms with van der Waals surface area (Å²) in [5.41, 5.74) is 8.80. The summed E-state index contributed by atoms with van der Waals surface area (Å²) in [6.07, 6.45) is 11.8. The van der Waals surface area contributed by atoms with Crippen molar-refractivity contribution < 1.29 is 0 Å². The number of aliphatic imine (C=N–C) groups is 1. The summed E-state index contributed by atoms with van der Waals surface area (Å²) in [4.78, 5) is 13.1. The Morgan fingerprint density at radius 3 is 2.12 bits per heavy atom. The molecule has 8 rings (SSSR count). The van der Waals surface area contributed by atoms with Crippen molar-refractivity contribution in [2.45, 2.75) is 56.5 Å². The Balaban J connectivity index is 0.939. The van der Waals surface area contributed by atoms with Crippen LogP contribution in [0.2, 0.25) is 0 Å². The number of benzene rings is 2. The summed E-state index contributed by atoms with van der Waals surface area (Å²) >= 11 is 0. The normalized spacial score (nSPS) is 32.8. The first-order valence-corrected chi connectivity index (χ1v) is 13.0. The maximum Gasteiger partial charge on any atom is 0.109 e. The van der Waals surface area contributed by atoms with Crippen molar-refractivity contribution in [2.75, 3.05) is 0 Å². The molecule has 2 aromatic carbocycles. The first-order valence-electron chi connectivity index (χ1n) is 13.0. The Labute approximate surface area is 200 Å². The van der Waals surface area contributed by atoms with Gasteiger partial charge in [0.2, 0.25) is 0 Å². The van der Waals surface area contributed by atoms with Crippen LogP contribution in [0.25, 0.3) is 28.0 Å². The molecule has 4 heteroatoms. The van der Waals surface area contributed by atoms with Gasteiger partial charge in [0.25, 0.3) is 0 Å². The van der Waals surface area contributed by atoms with Crippen LogP contribution in [0.5, 0.6) is 0 Å². The van der Waals surface area contributed by atoms with Crippen LogP contribution in [-0.2, 0) is 0 Å². The molecule has 0 bridgehead atoms. The number of allylic oxidation sites excluding steroid dienone is 1. The summed E-state index contributed by atoms with van der Waals surface area (Å²) in [5, 5.41) is 3.74. The van der Waals surface area contributed by atoms with Gasteiger partial charge >= 0.3 is 0 Å². The second-order valence-corrected chi connectivity index (χ2v) is 11.3. The molecule has 0 amide bonds. The first kappa shape index (κ1) is 19.3. The van der Waals surface area contributed by atoms with E-state index in [-0.39, 0.29) is 0 Å². The summed E-state index contributed by atoms with van der Waals surface area (Å²) in [5.74, 6) is 4.72.